The molecule has 18 heavy (non-hydrogen) atoms. The highest BCUT2D eigenvalue weighted by Crippen LogP contribution is 2.23. The zero-order chi connectivity index (χ0) is 13.0. The topological polar surface area (TPSA) is 41.1 Å². The van der Waals surface area contributed by atoms with Crippen molar-refractivity contribution in [3.05, 3.63) is 29.3 Å². The van der Waals surface area contributed by atoms with Gasteiger partial charge in [0.1, 0.15) is 0 Å². The van der Waals surface area contributed by atoms with Crippen LogP contribution in [-0.2, 0) is 0 Å². The Labute approximate surface area is 113 Å². The molecule has 4 heteroatoms. The lowest BCUT2D eigenvalue weighted by Gasteiger charge is -2.27. The molecule has 1 aromatic rings. The van der Waals surface area contributed by atoms with Gasteiger partial charge in [-0.05, 0) is 43.0 Å². The molecule has 3 nitrogen and oxygen atoms in total. The van der Waals surface area contributed by atoms with E-state index < -0.39 is 0 Å². The lowest BCUT2D eigenvalue weighted by molar-refractivity contribution is 0.238. The molecule has 1 aromatic carbocycles. The van der Waals surface area contributed by atoms with Crippen molar-refractivity contribution >= 4 is 23.3 Å². The zero-order valence-corrected chi connectivity index (χ0v) is 11.3. The maximum atomic E-state index is 11.8. The number of nitrogens with one attached hydrogen (secondary N) is 2. The fourth-order valence-corrected chi connectivity index (χ4v) is 2.58. The quantitative estimate of drug-likeness (QED) is 0.833. The first kappa shape index (κ1) is 13.2. The number of rotatable bonds is 2. The van der Waals surface area contributed by atoms with Gasteiger partial charge in [0.25, 0.3) is 0 Å². The Morgan fingerprint density at radius 2 is 2.00 bits per heavy atom. The third-order valence-electron chi connectivity index (χ3n) is 3.37. The number of hydrogen-bond donors (Lipinski definition) is 2. The van der Waals surface area contributed by atoms with Gasteiger partial charge in [0.05, 0.1) is 0 Å². The first-order valence-corrected chi connectivity index (χ1v) is 6.84. The van der Waals surface area contributed by atoms with Crippen molar-refractivity contribution in [2.45, 2.75) is 38.6 Å². The third kappa shape index (κ3) is 3.91. The molecular formula is C14H19ClN2O. The predicted molar refractivity (Wildman–Crippen MR) is 75.0 cm³/mol. The number of hydrogen-bond acceptors (Lipinski definition) is 1. The Bertz CT molecular complexity index is 405. The van der Waals surface area contributed by atoms with Crippen molar-refractivity contribution in [2.24, 2.45) is 5.92 Å². The van der Waals surface area contributed by atoms with Gasteiger partial charge in [0.2, 0.25) is 0 Å². The van der Waals surface area contributed by atoms with Crippen LogP contribution in [0.1, 0.15) is 32.6 Å². The molecule has 1 saturated carbocycles. The minimum Gasteiger partial charge on any atom is -0.335 e. The Morgan fingerprint density at radius 1 is 1.28 bits per heavy atom. The van der Waals surface area contributed by atoms with E-state index >= 15 is 0 Å². The van der Waals surface area contributed by atoms with E-state index in [2.05, 4.69) is 17.6 Å². The molecule has 2 amide bonds. The molecule has 2 N–H and O–H groups in total. The summed E-state index contributed by atoms with van der Waals surface area (Å²) in [5, 5.41) is 6.52. The zero-order valence-electron chi connectivity index (χ0n) is 10.6. The van der Waals surface area contributed by atoms with Gasteiger partial charge in [-0.25, -0.2) is 4.79 Å². The molecule has 0 aliphatic heterocycles. The van der Waals surface area contributed by atoms with Crippen LogP contribution in [0.5, 0.6) is 0 Å². The van der Waals surface area contributed by atoms with Crippen molar-refractivity contribution in [1.29, 1.82) is 0 Å². The fourth-order valence-electron chi connectivity index (χ4n) is 2.45. The van der Waals surface area contributed by atoms with Crippen molar-refractivity contribution in [3.63, 3.8) is 0 Å². The van der Waals surface area contributed by atoms with Gasteiger partial charge in [-0.3, -0.25) is 0 Å². The molecule has 2 atom stereocenters. The van der Waals surface area contributed by atoms with Crippen LogP contribution >= 0.6 is 11.6 Å². The molecule has 0 spiro atoms. The summed E-state index contributed by atoms with van der Waals surface area (Å²) in [6.45, 7) is 2.24. The summed E-state index contributed by atoms with van der Waals surface area (Å²) in [5.41, 5.74) is 0.765. The molecule has 2 rings (SSSR count). The van der Waals surface area contributed by atoms with Crippen LogP contribution in [-0.4, -0.2) is 12.1 Å². The van der Waals surface area contributed by atoms with Crippen molar-refractivity contribution < 1.29 is 4.79 Å². The van der Waals surface area contributed by atoms with Crippen molar-refractivity contribution in [3.8, 4) is 0 Å². The van der Waals surface area contributed by atoms with Crippen molar-refractivity contribution in [2.75, 3.05) is 5.32 Å². The normalized spacial score (nSPS) is 23.4. The van der Waals surface area contributed by atoms with E-state index in [1.54, 1.807) is 24.3 Å². The summed E-state index contributed by atoms with van der Waals surface area (Å²) in [5.74, 6) is 0.708. The number of anilines is 1. The van der Waals surface area contributed by atoms with Crippen LogP contribution in [0, 0.1) is 5.92 Å². The average molecular weight is 267 g/mol. The third-order valence-corrected chi connectivity index (χ3v) is 3.63. The maximum Gasteiger partial charge on any atom is 0.319 e. The first-order chi connectivity index (χ1) is 8.63. The highest BCUT2D eigenvalue weighted by molar-refractivity contribution is 6.30. The van der Waals surface area contributed by atoms with E-state index in [-0.39, 0.29) is 6.03 Å². The molecule has 98 valence electrons. The van der Waals surface area contributed by atoms with Gasteiger partial charge in [-0.1, -0.05) is 31.4 Å². The molecule has 1 fully saturated rings. The highest BCUT2D eigenvalue weighted by atomic mass is 35.5. The number of halogens is 1. The van der Waals surface area contributed by atoms with Gasteiger partial charge in [0.15, 0.2) is 0 Å². The van der Waals surface area contributed by atoms with E-state index in [1.807, 2.05) is 0 Å². The SMILES string of the molecule is C[C@H]1CCC[C@@H](NC(=O)Nc2ccc(Cl)cc2)C1. The summed E-state index contributed by atoms with van der Waals surface area (Å²) >= 11 is 5.79. The monoisotopic (exact) mass is 266 g/mol. The number of carbonyl (C=O) groups is 1. The molecule has 0 radical (unpaired) electrons. The Balaban J connectivity index is 1.83. The van der Waals surface area contributed by atoms with E-state index in [4.69, 9.17) is 11.6 Å². The van der Waals surface area contributed by atoms with Crippen LogP contribution in [0.3, 0.4) is 0 Å². The molecule has 0 saturated heterocycles. The van der Waals surface area contributed by atoms with E-state index in [9.17, 15) is 4.79 Å². The molecule has 0 bridgehead atoms. The van der Waals surface area contributed by atoms with Gasteiger partial charge in [-0.15, -0.1) is 0 Å². The van der Waals surface area contributed by atoms with Gasteiger partial charge in [0, 0.05) is 16.8 Å². The molecule has 1 aliphatic carbocycles. The second-order valence-electron chi connectivity index (χ2n) is 5.07. The molecule has 1 aliphatic rings. The summed E-state index contributed by atoms with van der Waals surface area (Å²) in [4.78, 5) is 11.8. The average Bonchev–Trinajstić information content (AvgIpc) is 2.32. The summed E-state index contributed by atoms with van der Waals surface area (Å²) < 4.78 is 0. The lowest BCUT2D eigenvalue weighted by atomic mass is 9.87. The van der Waals surface area contributed by atoms with Crippen molar-refractivity contribution in [1.82, 2.24) is 5.32 Å². The number of amides is 2. The fraction of sp³-hybridized carbons (Fsp3) is 0.500. The van der Waals surface area contributed by atoms with E-state index in [0.29, 0.717) is 17.0 Å². The minimum atomic E-state index is -0.128. The second-order valence-corrected chi connectivity index (χ2v) is 5.51. The Morgan fingerprint density at radius 3 is 2.67 bits per heavy atom. The predicted octanol–water partition coefficient (Wildman–Crippen LogP) is 4.04. The maximum absolute atomic E-state index is 11.8. The lowest BCUT2D eigenvalue weighted by Crippen LogP contribution is -2.40. The van der Waals surface area contributed by atoms with Crippen LogP contribution in [0.25, 0.3) is 0 Å². The number of carbonyl (C=O) groups excluding carboxylic acids is 1. The summed E-state index contributed by atoms with van der Waals surface area (Å²) in [7, 11) is 0. The largest absolute Gasteiger partial charge is 0.335 e. The van der Waals surface area contributed by atoms with E-state index in [0.717, 1.165) is 18.5 Å². The van der Waals surface area contributed by atoms with Crippen LogP contribution in [0.4, 0.5) is 10.5 Å². The molecular weight excluding hydrogens is 248 g/mol. The standard InChI is InChI=1S/C14H19ClN2O/c1-10-3-2-4-13(9-10)17-14(18)16-12-7-5-11(15)6-8-12/h5-8,10,13H,2-4,9H2,1H3,(H2,16,17,18)/t10-,13+/m0/s1. The first-order valence-electron chi connectivity index (χ1n) is 6.46. The smallest absolute Gasteiger partial charge is 0.319 e. The van der Waals surface area contributed by atoms with Gasteiger partial charge >= 0.3 is 6.03 Å². The molecule has 0 aromatic heterocycles. The number of benzene rings is 1. The molecule has 0 unspecified atom stereocenters. The van der Waals surface area contributed by atoms with Crippen LogP contribution in [0.2, 0.25) is 5.02 Å². The minimum absolute atomic E-state index is 0.128. The van der Waals surface area contributed by atoms with Gasteiger partial charge in [-0.2, -0.15) is 0 Å². The van der Waals surface area contributed by atoms with E-state index in [1.165, 1.54) is 12.8 Å². The number of urea groups is 1. The van der Waals surface area contributed by atoms with Crippen LogP contribution in [0.15, 0.2) is 24.3 Å². The summed E-state index contributed by atoms with van der Waals surface area (Å²) in [6.07, 6.45) is 4.64. The van der Waals surface area contributed by atoms with Crippen LogP contribution < -0.4 is 10.6 Å². The molecule has 0 heterocycles. The van der Waals surface area contributed by atoms with Gasteiger partial charge < -0.3 is 10.6 Å². The Kier molecular flexibility index (Phi) is 4.48. The highest BCUT2D eigenvalue weighted by Gasteiger charge is 2.20. The second kappa shape index (κ2) is 6.10. The summed E-state index contributed by atoms with van der Waals surface area (Å²) in [6, 6.07) is 7.30. The Hall–Kier alpha value is -1.22.